The van der Waals surface area contributed by atoms with Crippen LogP contribution in [0.15, 0.2) is 116 Å². The van der Waals surface area contributed by atoms with E-state index < -0.39 is 0 Å². The second kappa shape index (κ2) is 15.3. The van der Waals surface area contributed by atoms with Gasteiger partial charge in [0.25, 0.3) is 0 Å². The molecule has 0 aliphatic heterocycles. The lowest BCUT2D eigenvalue weighted by molar-refractivity contribution is 0.306. The van der Waals surface area contributed by atoms with Crippen molar-refractivity contribution in [2.75, 3.05) is 6.61 Å². The Kier molecular flexibility index (Phi) is 10.7. The van der Waals surface area contributed by atoms with Crippen molar-refractivity contribution in [1.82, 2.24) is 0 Å². The first-order valence-electron chi connectivity index (χ1n) is 13.8. The Morgan fingerprint density at radius 3 is 1.93 bits per heavy atom. The molecule has 212 valence electrons. The third kappa shape index (κ3) is 8.59. The van der Waals surface area contributed by atoms with Gasteiger partial charge in [-0.2, -0.15) is 30.7 Å². The molecule has 0 spiro atoms. The molecule has 4 rings (SSSR count). The molecule has 0 heterocycles. The lowest BCUT2D eigenvalue weighted by atomic mass is 10.1. The quantitative estimate of drug-likeness (QED) is 0.0952. The Bertz CT molecular complexity index is 1760. The second-order valence-corrected chi connectivity index (χ2v) is 9.46. The molecule has 0 fully saturated rings. The third-order valence-electron chi connectivity index (χ3n) is 6.30. The molecule has 0 bridgehead atoms. The number of ether oxygens (including phenoxy) is 1. The van der Waals surface area contributed by atoms with Crippen molar-refractivity contribution in [3.8, 4) is 5.75 Å². The lowest BCUT2D eigenvalue weighted by Gasteiger charge is -2.07. The van der Waals surface area contributed by atoms with Gasteiger partial charge in [-0.3, -0.25) is 0 Å². The minimum absolute atomic E-state index is 0.391. The van der Waals surface area contributed by atoms with Crippen LogP contribution in [0.5, 0.6) is 5.75 Å². The van der Waals surface area contributed by atoms with Gasteiger partial charge in [0.15, 0.2) is 5.69 Å². The van der Waals surface area contributed by atoms with Gasteiger partial charge in [-0.25, -0.2) is 9.69 Å². The molecule has 0 aliphatic carbocycles. The molecule has 43 heavy (non-hydrogen) atoms. The number of azo groups is 3. The van der Waals surface area contributed by atoms with Crippen molar-refractivity contribution in [1.29, 1.82) is 0 Å². The zero-order chi connectivity index (χ0) is 30.4. The Morgan fingerprint density at radius 2 is 1.26 bits per heavy atom. The summed E-state index contributed by atoms with van der Waals surface area (Å²) >= 11 is 0. The molecule has 0 amide bonds. The van der Waals surface area contributed by atoms with E-state index >= 15 is 0 Å². The van der Waals surface area contributed by atoms with Gasteiger partial charge in [-0.15, -0.1) is 0 Å². The second-order valence-electron chi connectivity index (χ2n) is 9.46. The van der Waals surface area contributed by atoms with Gasteiger partial charge < -0.3 is 4.74 Å². The Hall–Kier alpha value is -5.80. The van der Waals surface area contributed by atoms with Crippen LogP contribution in [-0.2, 0) is 0 Å². The van der Waals surface area contributed by atoms with Gasteiger partial charge in [0, 0.05) is 0 Å². The molecular formula is C34H30N8O. The van der Waals surface area contributed by atoms with Crippen molar-refractivity contribution in [3.05, 3.63) is 119 Å². The van der Waals surface area contributed by atoms with Crippen molar-refractivity contribution in [2.24, 2.45) is 30.7 Å². The third-order valence-corrected chi connectivity index (χ3v) is 6.30. The monoisotopic (exact) mass is 566 g/mol. The maximum Gasteiger partial charge on any atom is 0.217 e. The summed E-state index contributed by atoms with van der Waals surface area (Å²) in [7, 11) is 0. The Labute approximate surface area is 251 Å². The Balaban J connectivity index is 1.38. The highest BCUT2D eigenvalue weighted by atomic mass is 16.5. The number of hydrogen-bond acceptors (Lipinski definition) is 7. The summed E-state index contributed by atoms with van der Waals surface area (Å²) in [6, 6.07) is 23.2. The molecule has 0 atom stereocenters. The maximum absolute atomic E-state index is 7.50. The molecule has 0 saturated heterocycles. The van der Waals surface area contributed by atoms with E-state index in [0.717, 1.165) is 30.4 Å². The summed E-state index contributed by atoms with van der Waals surface area (Å²) in [5, 5.41) is 25.8. The molecular weight excluding hydrogens is 536 g/mol. The Morgan fingerprint density at radius 1 is 0.674 bits per heavy atom. The van der Waals surface area contributed by atoms with Crippen LogP contribution in [0.4, 0.5) is 45.5 Å². The number of benzene rings is 4. The first-order chi connectivity index (χ1) is 21.0. The molecule has 4 aromatic rings. The largest absolute Gasteiger partial charge is 0.495 e. The van der Waals surface area contributed by atoms with E-state index in [1.165, 1.54) is 0 Å². The molecule has 0 unspecified atom stereocenters. The molecule has 0 N–H and O–H groups in total. The van der Waals surface area contributed by atoms with E-state index in [0.29, 0.717) is 57.9 Å². The average molecular weight is 567 g/mol. The number of rotatable bonds is 12. The predicted octanol–water partition coefficient (Wildman–Crippen LogP) is 12.6. The highest BCUT2D eigenvalue weighted by molar-refractivity contribution is 5.70. The van der Waals surface area contributed by atoms with Crippen molar-refractivity contribution >= 4 is 51.6 Å². The predicted molar refractivity (Wildman–Crippen MR) is 171 cm³/mol. The van der Waals surface area contributed by atoms with E-state index in [2.05, 4.69) is 53.9 Å². The fraction of sp³-hybridized carbons (Fsp3) is 0.176. The summed E-state index contributed by atoms with van der Waals surface area (Å²) < 4.78 is 5.74. The van der Waals surface area contributed by atoms with Crippen LogP contribution in [-0.4, -0.2) is 6.61 Å². The van der Waals surface area contributed by atoms with Gasteiger partial charge in [-0.1, -0.05) is 38.5 Å². The molecule has 0 aromatic heterocycles. The summed E-state index contributed by atoms with van der Waals surface area (Å²) in [6.45, 7) is 23.2. The van der Waals surface area contributed by atoms with Crippen LogP contribution >= 0.6 is 0 Å². The van der Waals surface area contributed by atoms with Gasteiger partial charge in [0.2, 0.25) is 5.69 Å². The molecule has 4 aromatic carbocycles. The SMILES string of the molecule is [C-]#[N+]c1cc(N=Nc2ccc(N=Nc3ccc(N=Nc4ccc(OCCCCC)cc4[N+]#[C-])cc3C)cc2)ccc1C=C. The maximum atomic E-state index is 7.50. The lowest BCUT2D eigenvalue weighted by Crippen LogP contribution is -1.96. The minimum atomic E-state index is 0.391. The fourth-order valence-corrected chi connectivity index (χ4v) is 3.91. The van der Waals surface area contributed by atoms with Crippen LogP contribution < -0.4 is 4.74 Å². The smallest absolute Gasteiger partial charge is 0.217 e. The summed E-state index contributed by atoms with van der Waals surface area (Å²) in [5.41, 5.74) is 6.25. The van der Waals surface area contributed by atoms with Gasteiger partial charge in [-0.05, 0) is 97.3 Å². The van der Waals surface area contributed by atoms with Crippen LogP contribution in [0.2, 0.25) is 0 Å². The van der Waals surface area contributed by atoms with Crippen LogP contribution in [0.3, 0.4) is 0 Å². The normalized spacial score (nSPS) is 11.2. The number of nitrogens with zero attached hydrogens (tertiary/aromatic N) is 8. The summed E-state index contributed by atoms with van der Waals surface area (Å²) in [4.78, 5) is 7.08. The number of hydrogen-bond donors (Lipinski definition) is 0. The zero-order valence-corrected chi connectivity index (χ0v) is 24.1. The topological polar surface area (TPSA) is 92.1 Å². The van der Waals surface area contributed by atoms with E-state index in [1.54, 1.807) is 66.7 Å². The van der Waals surface area contributed by atoms with E-state index in [9.17, 15) is 0 Å². The molecule has 0 aliphatic rings. The van der Waals surface area contributed by atoms with E-state index in [4.69, 9.17) is 17.9 Å². The van der Waals surface area contributed by atoms with E-state index in [-0.39, 0.29) is 0 Å². The minimum Gasteiger partial charge on any atom is -0.495 e. The molecule has 9 nitrogen and oxygen atoms in total. The highest BCUT2D eigenvalue weighted by Crippen LogP contribution is 2.34. The van der Waals surface area contributed by atoms with Crippen LogP contribution in [0.25, 0.3) is 15.8 Å². The van der Waals surface area contributed by atoms with Crippen molar-refractivity contribution in [3.63, 3.8) is 0 Å². The molecule has 9 heteroatoms. The first kappa shape index (κ1) is 30.2. The molecule has 0 radical (unpaired) electrons. The highest BCUT2D eigenvalue weighted by Gasteiger charge is 2.06. The van der Waals surface area contributed by atoms with Crippen LogP contribution in [0.1, 0.15) is 37.3 Å². The number of unbranched alkanes of at least 4 members (excludes halogenated alkanes) is 2. The summed E-state index contributed by atoms with van der Waals surface area (Å²) in [6.07, 6.45) is 4.87. The van der Waals surface area contributed by atoms with Crippen molar-refractivity contribution < 1.29 is 4.74 Å². The fourth-order valence-electron chi connectivity index (χ4n) is 3.91. The zero-order valence-electron chi connectivity index (χ0n) is 24.1. The number of aryl methyl sites for hydroxylation is 1. The van der Waals surface area contributed by atoms with Crippen LogP contribution in [0, 0.1) is 20.1 Å². The van der Waals surface area contributed by atoms with Gasteiger partial charge in [0.1, 0.15) is 5.75 Å². The average Bonchev–Trinajstić information content (AvgIpc) is 3.04. The first-order valence-corrected chi connectivity index (χ1v) is 13.8. The van der Waals surface area contributed by atoms with E-state index in [1.807, 2.05) is 25.1 Å². The van der Waals surface area contributed by atoms with Gasteiger partial charge >= 0.3 is 0 Å². The van der Waals surface area contributed by atoms with Crippen molar-refractivity contribution in [2.45, 2.75) is 33.1 Å². The molecule has 0 saturated carbocycles. The summed E-state index contributed by atoms with van der Waals surface area (Å²) in [5.74, 6) is 0.663. The van der Waals surface area contributed by atoms with Gasteiger partial charge in [0.05, 0.1) is 53.9 Å². The standard InChI is InChI=1S/C34H30N8O/c1-6-8-9-20-43-30-17-19-32(34(23-30)36-5)42-40-28-16-18-31(24(3)21-28)41-38-27-14-12-26(13-15-27)37-39-29-11-10-25(7-2)33(22-29)35-4/h7,10-19,21-23H,2,6,8-9,20H2,1,3H3.